The minimum absolute atomic E-state index is 0.0318. The Labute approximate surface area is 157 Å². The molecule has 0 fully saturated rings. The standard InChI is InChI=1S/C18H16FN3O4S/c1-26-9-8-21-15-11-14(22(24)25)6-7-16(15)27-18(21)20-17(23)10-12-2-4-13(19)5-3-12/h2-7,11H,8-10H2,1H3. The van der Waals surface area contributed by atoms with Crippen molar-refractivity contribution in [1.82, 2.24) is 4.57 Å². The Kier molecular flexibility index (Phi) is 5.72. The van der Waals surface area contributed by atoms with Crippen LogP contribution in [-0.4, -0.2) is 29.1 Å². The molecule has 0 spiro atoms. The number of nitro groups is 1. The number of rotatable bonds is 6. The lowest BCUT2D eigenvalue weighted by molar-refractivity contribution is -0.384. The van der Waals surface area contributed by atoms with Crippen LogP contribution in [0.1, 0.15) is 5.56 Å². The second-order valence-electron chi connectivity index (χ2n) is 5.75. The van der Waals surface area contributed by atoms with Gasteiger partial charge in [0.25, 0.3) is 11.6 Å². The molecule has 9 heteroatoms. The first kappa shape index (κ1) is 18.9. The number of nitro benzene ring substituents is 1. The van der Waals surface area contributed by atoms with E-state index in [9.17, 15) is 19.3 Å². The van der Waals surface area contributed by atoms with Crippen LogP contribution in [0.2, 0.25) is 0 Å². The number of hydrogen-bond donors (Lipinski definition) is 0. The first-order valence-corrected chi connectivity index (χ1v) is 8.88. The fourth-order valence-electron chi connectivity index (χ4n) is 2.58. The molecule has 140 valence electrons. The number of benzene rings is 2. The summed E-state index contributed by atoms with van der Waals surface area (Å²) < 4.78 is 20.6. The van der Waals surface area contributed by atoms with Crippen molar-refractivity contribution in [3.63, 3.8) is 0 Å². The summed E-state index contributed by atoms with van der Waals surface area (Å²) in [6, 6.07) is 10.2. The van der Waals surface area contributed by atoms with Crippen molar-refractivity contribution in [3.05, 3.63) is 68.8 Å². The van der Waals surface area contributed by atoms with Gasteiger partial charge in [-0.1, -0.05) is 23.5 Å². The van der Waals surface area contributed by atoms with Crippen molar-refractivity contribution >= 4 is 33.1 Å². The summed E-state index contributed by atoms with van der Waals surface area (Å²) in [5.74, 6) is -0.750. The van der Waals surface area contributed by atoms with E-state index in [-0.39, 0.29) is 23.8 Å². The number of carbonyl (C=O) groups is 1. The molecule has 3 aromatic rings. The largest absolute Gasteiger partial charge is 0.383 e. The van der Waals surface area contributed by atoms with Crippen molar-refractivity contribution in [2.45, 2.75) is 13.0 Å². The fourth-order valence-corrected chi connectivity index (χ4v) is 3.63. The highest BCUT2D eigenvalue weighted by atomic mass is 32.1. The Hall–Kier alpha value is -2.91. The Morgan fingerprint density at radius 3 is 2.70 bits per heavy atom. The van der Waals surface area contributed by atoms with Crippen LogP contribution in [0, 0.1) is 15.9 Å². The maximum Gasteiger partial charge on any atom is 0.271 e. The van der Waals surface area contributed by atoms with Crippen LogP contribution in [0.3, 0.4) is 0 Å². The van der Waals surface area contributed by atoms with E-state index in [4.69, 9.17) is 4.74 Å². The zero-order valence-electron chi connectivity index (χ0n) is 14.4. The van der Waals surface area contributed by atoms with Crippen LogP contribution >= 0.6 is 11.3 Å². The van der Waals surface area contributed by atoms with E-state index in [2.05, 4.69) is 4.99 Å². The number of carbonyl (C=O) groups excluding carboxylic acids is 1. The fraction of sp³-hybridized carbons (Fsp3) is 0.222. The lowest BCUT2D eigenvalue weighted by Gasteiger charge is -2.04. The highest BCUT2D eigenvalue weighted by Gasteiger charge is 2.13. The molecular formula is C18H16FN3O4S. The third kappa shape index (κ3) is 4.44. The third-order valence-electron chi connectivity index (χ3n) is 3.88. The van der Waals surface area contributed by atoms with Gasteiger partial charge in [0.05, 0.1) is 28.2 Å². The number of thiazole rings is 1. The first-order chi connectivity index (χ1) is 13.0. The molecule has 0 N–H and O–H groups in total. The van der Waals surface area contributed by atoms with Gasteiger partial charge in [0.2, 0.25) is 0 Å². The molecule has 1 heterocycles. The van der Waals surface area contributed by atoms with Gasteiger partial charge in [-0.15, -0.1) is 0 Å². The molecule has 27 heavy (non-hydrogen) atoms. The smallest absolute Gasteiger partial charge is 0.271 e. The molecule has 0 unspecified atom stereocenters. The summed E-state index contributed by atoms with van der Waals surface area (Å²) >= 11 is 1.27. The van der Waals surface area contributed by atoms with Crippen molar-refractivity contribution in [2.75, 3.05) is 13.7 Å². The van der Waals surface area contributed by atoms with E-state index in [0.29, 0.717) is 29.0 Å². The minimum Gasteiger partial charge on any atom is -0.383 e. The number of aromatic nitrogens is 1. The second kappa shape index (κ2) is 8.19. The van der Waals surface area contributed by atoms with Gasteiger partial charge in [-0.25, -0.2) is 4.39 Å². The molecule has 1 aromatic heterocycles. The number of halogens is 1. The molecule has 0 radical (unpaired) electrons. The Balaban J connectivity index is 2.00. The molecule has 0 aliphatic carbocycles. The van der Waals surface area contributed by atoms with Gasteiger partial charge in [0.1, 0.15) is 5.82 Å². The average molecular weight is 389 g/mol. The number of amides is 1. The number of nitrogens with zero attached hydrogens (tertiary/aromatic N) is 3. The monoisotopic (exact) mass is 389 g/mol. The molecule has 3 rings (SSSR count). The summed E-state index contributed by atoms with van der Waals surface area (Å²) in [7, 11) is 1.55. The third-order valence-corrected chi connectivity index (χ3v) is 4.94. The molecule has 0 bridgehead atoms. The summed E-state index contributed by atoms with van der Waals surface area (Å²) in [4.78, 5) is 27.5. The number of fused-ring (bicyclic) bond motifs is 1. The molecule has 0 atom stereocenters. The Morgan fingerprint density at radius 1 is 1.30 bits per heavy atom. The van der Waals surface area contributed by atoms with Gasteiger partial charge in [0.15, 0.2) is 4.80 Å². The molecule has 0 saturated heterocycles. The SMILES string of the molecule is COCCn1c(=NC(=O)Cc2ccc(F)cc2)sc2ccc([N+](=O)[O-])cc21. The highest BCUT2D eigenvalue weighted by Crippen LogP contribution is 2.23. The number of hydrogen-bond acceptors (Lipinski definition) is 5. The minimum atomic E-state index is -0.464. The van der Waals surface area contributed by atoms with Crippen LogP contribution < -0.4 is 4.80 Å². The molecule has 1 amide bonds. The van der Waals surface area contributed by atoms with Crippen molar-refractivity contribution < 1.29 is 18.8 Å². The maximum atomic E-state index is 13.0. The molecular weight excluding hydrogens is 373 g/mol. The van der Waals surface area contributed by atoms with E-state index in [1.165, 1.54) is 47.7 Å². The Bertz CT molecular complexity index is 1060. The molecule has 0 aliphatic rings. The van der Waals surface area contributed by atoms with Gasteiger partial charge in [-0.3, -0.25) is 14.9 Å². The number of non-ortho nitro benzene ring substituents is 1. The summed E-state index contributed by atoms with van der Waals surface area (Å²) in [6.45, 7) is 0.772. The van der Waals surface area contributed by atoms with Crippen LogP contribution in [0.25, 0.3) is 10.2 Å². The van der Waals surface area contributed by atoms with E-state index >= 15 is 0 Å². The van der Waals surface area contributed by atoms with Crippen LogP contribution in [0.5, 0.6) is 0 Å². The molecule has 0 saturated carbocycles. The summed E-state index contributed by atoms with van der Waals surface area (Å²) in [6.07, 6.45) is 0.0406. The van der Waals surface area contributed by atoms with Crippen molar-refractivity contribution in [2.24, 2.45) is 4.99 Å². The van der Waals surface area contributed by atoms with Gasteiger partial charge < -0.3 is 9.30 Å². The first-order valence-electron chi connectivity index (χ1n) is 8.06. The lowest BCUT2D eigenvalue weighted by atomic mass is 10.1. The van der Waals surface area contributed by atoms with Crippen LogP contribution in [0.4, 0.5) is 10.1 Å². The quantitative estimate of drug-likeness (QED) is 0.479. The molecule has 7 nitrogen and oxygen atoms in total. The molecule has 0 aliphatic heterocycles. The summed E-state index contributed by atoms with van der Waals surface area (Å²) in [5.41, 5.74) is 1.25. The van der Waals surface area contributed by atoms with E-state index < -0.39 is 4.92 Å². The van der Waals surface area contributed by atoms with Gasteiger partial charge in [-0.05, 0) is 23.8 Å². The summed E-state index contributed by atoms with van der Waals surface area (Å²) in [5, 5.41) is 11.1. The van der Waals surface area contributed by atoms with Gasteiger partial charge in [0, 0.05) is 25.8 Å². The average Bonchev–Trinajstić information content (AvgIpc) is 2.97. The van der Waals surface area contributed by atoms with Gasteiger partial charge >= 0.3 is 0 Å². The van der Waals surface area contributed by atoms with Crippen LogP contribution in [-0.2, 0) is 22.5 Å². The molecule has 2 aromatic carbocycles. The normalized spacial score (nSPS) is 11.9. The highest BCUT2D eigenvalue weighted by molar-refractivity contribution is 7.16. The topological polar surface area (TPSA) is 86.7 Å². The Morgan fingerprint density at radius 2 is 2.04 bits per heavy atom. The zero-order chi connectivity index (χ0) is 19.4. The maximum absolute atomic E-state index is 13.0. The lowest BCUT2D eigenvalue weighted by Crippen LogP contribution is -2.19. The predicted molar refractivity (Wildman–Crippen MR) is 99.0 cm³/mol. The number of ether oxygens (including phenoxy) is 1. The number of methoxy groups -OCH3 is 1. The van der Waals surface area contributed by atoms with Crippen LogP contribution in [0.15, 0.2) is 47.5 Å². The second-order valence-corrected chi connectivity index (χ2v) is 6.76. The van der Waals surface area contributed by atoms with E-state index in [0.717, 1.165) is 4.70 Å². The van der Waals surface area contributed by atoms with Crippen molar-refractivity contribution in [3.8, 4) is 0 Å². The van der Waals surface area contributed by atoms with Gasteiger partial charge in [-0.2, -0.15) is 4.99 Å². The van der Waals surface area contributed by atoms with E-state index in [1.807, 2.05) is 0 Å². The van der Waals surface area contributed by atoms with Crippen molar-refractivity contribution in [1.29, 1.82) is 0 Å². The van der Waals surface area contributed by atoms with E-state index in [1.54, 1.807) is 17.7 Å². The zero-order valence-corrected chi connectivity index (χ0v) is 15.2. The predicted octanol–water partition coefficient (Wildman–Crippen LogP) is 3.07.